The van der Waals surface area contributed by atoms with Gasteiger partial charge >= 0.3 is 0 Å². The van der Waals surface area contributed by atoms with E-state index in [1.165, 1.54) is 0 Å². The first-order valence-electron chi connectivity index (χ1n) is 4.66. The standard InChI is InChI=1S/C9H14N4O/c1-14-7-3-5-13(6-7)9-11-4-2-8(10)12-9/h2,4,7H,3,5-6H2,1H3,(H2,10,11,12). The van der Waals surface area contributed by atoms with Gasteiger partial charge in [0.1, 0.15) is 5.82 Å². The number of hydrogen-bond donors (Lipinski definition) is 1. The number of aromatic nitrogens is 2. The quantitative estimate of drug-likeness (QED) is 0.732. The Bertz CT molecular complexity index is 317. The fourth-order valence-corrected chi connectivity index (χ4v) is 1.62. The molecule has 0 aromatic carbocycles. The highest BCUT2D eigenvalue weighted by Gasteiger charge is 2.23. The van der Waals surface area contributed by atoms with Gasteiger partial charge in [-0.15, -0.1) is 0 Å². The molecule has 14 heavy (non-hydrogen) atoms. The maximum Gasteiger partial charge on any atom is 0.227 e. The lowest BCUT2D eigenvalue weighted by atomic mass is 10.3. The summed E-state index contributed by atoms with van der Waals surface area (Å²) in [5.41, 5.74) is 5.58. The molecule has 1 fully saturated rings. The van der Waals surface area contributed by atoms with Crippen LogP contribution >= 0.6 is 0 Å². The molecular formula is C9H14N4O. The van der Waals surface area contributed by atoms with E-state index in [1.807, 2.05) is 0 Å². The Kier molecular flexibility index (Phi) is 2.49. The number of hydrogen-bond acceptors (Lipinski definition) is 5. The van der Waals surface area contributed by atoms with Crippen LogP contribution < -0.4 is 10.6 Å². The van der Waals surface area contributed by atoms with Gasteiger partial charge < -0.3 is 15.4 Å². The van der Waals surface area contributed by atoms with E-state index in [1.54, 1.807) is 19.4 Å². The summed E-state index contributed by atoms with van der Waals surface area (Å²) in [5.74, 6) is 1.21. The Morgan fingerprint density at radius 2 is 2.50 bits per heavy atom. The zero-order valence-corrected chi connectivity index (χ0v) is 8.18. The van der Waals surface area contributed by atoms with Crippen molar-refractivity contribution in [1.82, 2.24) is 9.97 Å². The van der Waals surface area contributed by atoms with Gasteiger partial charge in [0.15, 0.2) is 0 Å². The highest BCUT2D eigenvalue weighted by atomic mass is 16.5. The van der Waals surface area contributed by atoms with Crippen molar-refractivity contribution in [2.75, 3.05) is 30.8 Å². The van der Waals surface area contributed by atoms with Crippen LogP contribution in [0.3, 0.4) is 0 Å². The van der Waals surface area contributed by atoms with Crippen LogP contribution in [-0.2, 0) is 4.74 Å². The number of nitrogens with two attached hydrogens (primary N) is 1. The fourth-order valence-electron chi connectivity index (χ4n) is 1.62. The number of methoxy groups -OCH3 is 1. The smallest absolute Gasteiger partial charge is 0.227 e. The maximum absolute atomic E-state index is 5.58. The number of anilines is 2. The largest absolute Gasteiger partial charge is 0.384 e. The molecule has 1 aromatic heterocycles. The molecule has 2 rings (SSSR count). The zero-order chi connectivity index (χ0) is 9.97. The summed E-state index contributed by atoms with van der Waals surface area (Å²) in [7, 11) is 1.73. The summed E-state index contributed by atoms with van der Waals surface area (Å²) in [6.07, 6.45) is 2.99. The second-order valence-corrected chi connectivity index (χ2v) is 3.37. The van der Waals surface area contributed by atoms with Crippen molar-refractivity contribution in [3.05, 3.63) is 12.3 Å². The summed E-state index contributed by atoms with van der Waals surface area (Å²) >= 11 is 0. The molecule has 0 bridgehead atoms. The summed E-state index contributed by atoms with van der Waals surface area (Å²) in [6, 6.07) is 1.69. The summed E-state index contributed by atoms with van der Waals surface area (Å²) in [4.78, 5) is 10.4. The Morgan fingerprint density at radius 3 is 3.14 bits per heavy atom. The molecule has 0 radical (unpaired) electrons. The van der Waals surface area contributed by atoms with Crippen molar-refractivity contribution < 1.29 is 4.74 Å². The lowest BCUT2D eigenvalue weighted by molar-refractivity contribution is 0.121. The van der Waals surface area contributed by atoms with Gasteiger partial charge in [0.25, 0.3) is 0 Å². The van der Waals surface area contributed by atoms with Gasteiger partial charge in [-0.1, -0.05) is 0 Å². The lowest BCUT2D eigenvalue weighted by Crippen LogP contribution is -2.24. The second-order valence-electron chi connectivity index (χ2n) is 3.37. The Labute approximate surface area is 82.9 Å². The van der Waals surface area contributed by atoms with E-state index in [0.29, 0.717) is 17.9 Å². The molecule has 1 unspecified atom stereocenters. The van der Waals surface area contributed by atoms with Crippen molar-refractivity contribution in [3.8, 4) is 0 Å². The maximum atomic E-state index is 5.58. The molecule has 2 heterocycles. The van der Waals surface area contributed by atoms with Crippen molar-refractivity contribution in [1.29, 1.82) is 0 Å². The number of nitrogens with zero attached hydrogens (tertiary/aromatic N) is 3. The monoisotopic (exact) mass is 194 g/mol. The van der Waals surface area contributed by atoms with E-state index in [9.17, 15) is 0 Å². The summed E-state index contributed by atoms with van der Waals surface area (Å²) in [6.45, 7) is 1.78. The summed E-state index contributed by atoms with van der Waals surface area (Å²) in [5, 5.41) is 0. The molecule has 1 aliphatic rings. The molecule has 1 saturated heterocycles. The first kappa shape index (κ1) is 9.21. The van der Waals surface area contributed by atoms with Crippen molar-refractivity contribution in [2.24, 2.45) is 0 Å². The van der Waals surface area contributed by atoms with Gasteiger partial charge in [0.2, 0.25) is 5.95 Å². The SMILES string of the molecule is COC1CCN(c2nccc(N)n2)C1. The van der Waals surface area contributed by atoms with Crippen LogP contribution in [0, 0.1) is 0 Å². The first-order chi connectivity index (χ1) is 6.79. The van der Waals surface area contributed by atoms with Gasteiger partial charge in [-0.25, -0.2) is 4.98 Å². The third kappa shape index (κ3) is 1.77. The molecule has 0 spiro atoms. The van der Waals surface area contributed by atoms with Gasteiger partial charge in [-0.2, -0.15) is 4.98 Å². The minimum atomic E-state index is 0.292. The van der Waals surface area contributed by atoms with E-state index in [0.717, 1.165) is 19.5 Å². The topological polar surface area (TPSA) is 64.3 Å². The molecule has 0 amide bonds. The van der Waals surface area contributed by atoms with Crippen LogP contribution in [0.4, 0.5) is 11.8 Å². The average Bonchev–Trinajstić information content (AvgIpc) is 2.66. The molecule has 1 atom stereocenters. The Morgan fingerprint density at radius 1 is 1.64 bits per heavy atom. The van der Waals surface area contributed by atoms with Crippen LogP contribution in [0.1, 0.15) is 6.42 Å². The van der Waals surface area contributed by atoms with E-state index in [-0.39, 0.29) is 0 Å². The molecule has 2 N–H and O–H groups in total. The molecule has 0 aliphatic carbocycles. The number of rotatable bonds is 2. The van der Waals surface area contributed by atoms with E-state index < -0.39 is 0 Å². The molecule has 5 heteroatoms. The Hall–Kier alpha value is -1.36. The third-order valence-electron chi connectivity index (χ3n) is 2.43. The lowest BCUT2D eigenvalue weighted by Gasteiger charge is -2.15. The number of nitrogen functional groups attached to an aromatic ring is 1. The highest BCUT2D eigenvalue weighted by Crippen LogP contribution is 2.17. The minimum absolute atomic E-state index is 0.292. The number of ether oxygens (including phenoxy) is 1. The van der Waals surface area contributed by atoms with Gasteiger partial charge in [-0.3, -0.25) is 0 Å². The molecule has 76 valence electrons. The van der Waals surface area contributed by atoms with Crippen LogP contribution in [0.15, 0.2) is 12.3 Å². The predicted molar refractivity (Wildman–Crippen MR) is 54.1 cm³/mol. The first-order valence-corrected chi connectivity index (χ1v) is 4.66. The fraction of sp³-hybridized carbons (Fsp3) is 0.556. The van der Waals surface area contributed by atoms with Gasteiger partial charge in [0.05, 0.1) is 6.10 Å². The predicted octanol–water partition coefficient (Wildman–Crippen LogP) is 0.284. The van der Waals surface area contributed by atoms with E-state index in [2.05, 4.69) is 14.9 Å². The van der Waals surface area contributed by atoms with Crippen molar-refractivity contribution in [2.45, 2.75) is 12.5 Å². The molecule has 1 aliphatic heterocycles. The highest BCUT2D eigenvalue weighted by molar-refractivity contribution is 5.38. The van der Waals surface area contributed by atoms with E-state index >= 15 is 0 Å². The van der Waals surface area contributed by atoms with Gasteiger partial charge in [0, 0.05) is 26.4 Å². The second kappa shape index (κ2) is 3.79. The molecule has 5 nitrogen and oxygen atoms in total. The van der Waals surface area contributed by atoms with Crippen LogP contribution in [0.25, 0.3) is 0 Å². The Balaban J connectivity index is 2.09. The van der Waals surface area contributed by atoms with Crippen LogP contribution in [-0.4, -0.2) is 36.3 Å². The van der Waals surface area contributed by atoms with Crippen molar-refractivity contribution >= 4 is 11.8 Å². The molecule has 1 aromatic rings. The minimum Gasteiger partial charge on any atom is -0.384 e. The summed E-state index contributed by atoms with van der Waals surface area (Å²) < 4.78 is 5.26. The van der Waals surface area contributed by atoms with Gasteiger partial charge in [-0.05, 0) is 12.5 Å². The van der Waals surface area contributed by atoms with Crippen LogP contribution in [0.5, 0.6) is 0 Å². The average molecular weight is 194 g/mol. The van der Waals surface area contributed by atoms with E-state index in [4.69, 9.17) is 10.5 Å². The molecular weight excluding hydrogens is 180 g/mol. The normalized spacial score (nSPS) is 21.5. The zero-order valence-electron chi connectivity index (χ0n) is 8.18. The van der Waals surface area contributed by atoms with Crippen molar-refractivity contribution in [3.63, 3.8) is 0 Å². The third-order valence-corrected chi connectivity index (χ3v) is 2.43. The van der Waals surface area contributed by atoms with Crippen LogP contribution in [0.2, 0.25) is 0 Å². The molecule has 0 saturated carbocycles.